The van der Waals surface area contributed by atoms with Crippen molar-refractivity contribution in [3.8, 4) is 0 Å². The van der Waals surface area contributed by atoms with Crippen LogP contribution in [-0.4, -0.2) is 16.1 Å². The van der Waals surface area contributed by atoms with Crippen molar-refractivity contribution in [3.05, 3.63) is 35.7 Å². The molecule has 0 atom stereocenters. The van der Waals surface area contributed by atoms with Gasteiger partial charge in [0.2, 0.25) is 0 Å². The molecule has 0 fully saturated rings. The first kappa shape index (κ1) is 9.26. The van der Waals surface area contributed by atoms with Crippen LogP contribution in [-0.2, 0) is 4.79 Å². The Labute approximate surface area is 85.8 Å². The smallest absolute Gasteiger partial charge is 0.264 e. The Morgan fingerprint density at radius 3 is 2.93 bits per heavy atom. The van der Waals surface area contributed by atoms with Crippen LogP contribution in [0.1, 0.15) is 5.56 Å². The van der Waals surface area contributed by atoms with Crippen molar-refractivity contribution in [2.24, 2.45) is 11.5 Å². The van der Waals surface area contributed by atoms with Crippen LogP contribution in [0.3, 0.4) is 0 Å². The van der Waals surface area contributed by atoms with Gasteiger partial charge in [-0.15, -0.1) is 0 Å². The summed E-state index contributed by atoms with van der Waals surface area (Å²) in [4.78, 5) is 10.7. The molecule has 0 saturated carbocycles. The van der Waals surface area contributed by atoms with Crippen molar-refractivity contribution in [2.45, 2.75) is 0 Å². The van der Waals surface area contributed by atoms with Crippen molar-refractivity contribution in [2.75, 3.05) is 0 Å². The van der Waals surface area contributed by atoms with Crippen LogP contribution in [0.25, 0.3) is 17.0 Å². The van der Waals surface area contributed by atoms with E-state index in [1.165, 1.54) is 6.08 Å². The number of hydrogen-bond acceptors (Lipinski definition) is 3. The average molecular weight is 202 g/mol. The summed E-state index contributed by atoms with van der Waals surface area (Å²) in [6.07, 6.45) is 3.24. The lowest BCUT2D eigenvalue weighted by molar-refractivity contribution is -0.114. The van der Waals surface area contributed by atoms with Gasteiger partial charge in [0.25, 0.3) is 5.91 Å². The Morgan fingerprint density at radius 2 is 2.20 bits per heavy atom. The van der Waals surface area contributed by atoms with Gasteiger partial charge in [0, 0.05) is 5.39 Å². The summed E-state index contributed by atoms with van der Waals surface area (Å²) in [5.41, 5.74) is 12.3. The van der Waals surface area contributed by atoms with Gasteiger partial charge < -0.3 is 11.5 Å². The summed E-state index contributed by atoms with van der Waals surface area (Å²) in [6, 6.07) is 5.56. The van der Waals surface area contributed by atoms with Crippen molar-refractivity contribution >= 4 is 22.9 Å². The van der Waals surface area contributed by atoms with Crippen molar-refractivity contribution in [3.63, 3.8) is 0 Å². The highest BCUT2D eigenvalue weighted by atomic mass is 16.1. The largest absolute Gasteiger partial charge is 0.394 e. The van der Waals surface area contributed by atoms with E-state index in [1.807, 2.05) is 18.2 Å². The maximum absolute atomic E-state index is 10.7. The van der Waals surface area contributed by atoms with Gasteiger partial charge in [0.1, 0.15) is 0 Å². The van der Waals surface area contributed by atoms with Gasteiger partial charge in [-0.05, 0) is 23.8 Å². The molecule has 0 aliphatic rings. The molecule has 2 rings (SSSR count). The molecule has 0 saturated heterocycles. The molecule has 2 aromatic rings. The normalized spacial score (nSPS) is 11.9. The average Bonchev–Trinajstić information content (AvgIpc) is 2.64. The van der Waals surface area contributed by atoms with Gasteiger partial charge >= 0.3 is 0 Å². The zero-order valence-corrected chi connectivity index (χ0v) is 7.90. The summed E-state index contributed by atoms with van der Waals surface area (Å²) in [6.45, 7) is 0. The highest BCUT2D eigenvalue weighted by molar-refractivity contribution is 5.96. The van der Waals surface area contributed by atoms with Crippen LogP contribution in [0, 0.1) is 0 Å². The number of carbonyl (C=O) groups excluding carboxylic acids is 1. The maximum atomic E-state index is 10.7. The Morgan fingerprint density at radius 1 is 1.40 bits per heavy atom. The van der Waals surface area contributed by atoms with Gasteiger partial charge in [0.05, 0.1) is 17.4 Å². The second-order valence-corrected chi connectivity index (χ2v) is 3.18. The number of benzene rings is 1. The van der Waals surface area contributed by atoms with E-state index in [1.54, 1.807) is 6.20 Å². The molecular formula is C10H10N4O. The van der Waals surface area contributed by atoms with E-state index in [4.69, 9.17) is 11.5 Å². The molecule has 0 bridgehead atoms. The summed E-state index contributed by atoms with van der Waals surface area (Å²) in [7, 11) is 0. The standard InChI is InChI=1S/C10H10N4O/c11-8(10(12)15)4-6-1-2-9-7(3-6)5-13-14-9/h1-5H,11H2,(H2,12,15)(H,13,14)/b8-4-. The number of aromatic amines is 1. The number of carbonyl (C=O) groups is 1. The minimum atomic E-state index is -0.623. The second kappa shape index (κ2) is 3.45. The molecule has 15 heavy (non-hydrogen) atoms. The van der Waals surface area contributed by atoms with Crippen molar-refractivity contribution < 1.29 is 4.79 Å². The second-order valence-electron chi connectivity index (χ2n) is 3.18. The van der Waals surface area contributed by atoms with E-state index in [2.05, 4.69) is 10.2 Å². The number of hydrogen-bond donors (Lipinski definition) is 3. The number of rotatable bonds is 2. The van der Waals surface area contributed by atoms with E-state index in [0.717, 1.165) is 16.5 Å². The SMILES string of the molecule is NC(=O)/C(N)=C/c1ccc2[nH]ncc2c1. The van der Waals surface area contributed by atoms with Gasteiger partial charge in [-0.3, -0.25) is 9.89 Å². The summed E-state index contributed by atoms with van der Waals surface area (Å²) in [5.74, 6) is -0.623. The Kier molecular flexibility index (Phi) is 2.13. The number of nitrogens with two attached hydrogens (primary N) is 2. The van der Waals surface area contributed by atoms with Crippen LogP contribution < -0.4 is 11.5 Å². The van der Waals surface area contributed by atoms with Gasteiger partial charge in [-0.2, -0.15) is 5.10 Å². The number of aromatic nitrogens is 2. The fourth-order valence-electron chi connectivity index (χ4n) is 1.30. The van der Waals surface area contributed by atoms with E-state index in [0.29, 0.717) is 0 Å². The minimum absolute atomic E-state index is 0.0397. The van der Waals surface area contributed by atoms with Gasteiger partial charge in [-0.25, -0.2) is 0 Å². The molecule has 0 unspecified atom stereocenters. The van der Waals surface area contributed by atoms with Crippen LogP contribution in [0.5, 0.6) is 0 Å². The number of nitrogens with zero attached hydrogens (tertiary/aromatic N) is 1. The van der Waals surface area contributed by atoms with Crippen LogP contribution in [0.2, 0.25) is 0 Å². The summed E-state index contributed by atoms with van der Waals surface area (Å²) >= 11 is 0. The first-order valence-electron chi connectivity index (χ1n) is 4.37. The third kappa shape index (κ3) is 1.80. The monoisotopic (exact) mass is 202 g/mol. The number of amides is 1. The molecule has 0 aliphatic heterocycles. The zero-order chi connectivity index (χ0) is 10.8. The first-order valence-corrected chi connectivity index (χ1v) is 4.37. The summed E-state index contributed by atoms with van der Waals surface area (Å²) < 4.78 is 0. The van der Waals surface area contributed by atoms with Gasteiger partial charge in [-0.1, -0.05) is 6.07 Å². The van der Waals surface area contributed by atoms with Crippen LogP contribution in [0.15, 0.2) is 30.1 Å². The minimum Gasteiger partial charge on any atom is -0.394 e. The molecule has 0 radical (unpaired) electrons. The predicted molar refractivity (Wildman–Crippen MR) is 57.5 cm³/mol. The predicted octanol–water partition coefficient (Wildman–Crippen LogP) is 0.348. The molecule has 1 aromatic carbocycles. The van der Waals surface area contributed by atoms with Crippen molar-refractivity contribution in [1.82, 2.24) is 10.2 Å². The number of nitrogens with one attached hydrogen (secondary N) is 1. The zero-order valence-electron chi connectivity index (χ0n) is 7.90. The van der Waals surface area contributed by atoms with E-state index in [9.17, 15) is 4.79 Å². The lowest BCUT2D eigenvalue weighted by Crippen LogP contribution is -2.19. The maximum Gasteiger partial charge on any atom is 0.264 e. The van der Waals surface area contributed by atoms with E-state index >= 15 is 0 Å². The molecule has 1 aromatic heterocycles. The topological polar surface area (TPSA) is 97.8 Å². The van der Waals surface area contributed by atoms with Crippen LogP contribution in [0.4, 0.5) is 0 Å². The number of H-pyrrole nitrogens is 1. The van der Waals surface area contributed by atoms with E-state index in [-0.39, 0.29) is 5.70 Å². The van der Waals surface area contributed by atoms with Crippen LogP contribution >= 0.6 is 0 Å². The lowest BCUT2D eigenvalue weighted by atomic mass is 10.1. The number of primary amides is 1. The molecular weight excluding hydrogens is 192 g/mol. The molecule has 5 heteroatoms. The lowest BCUT2D eigenvalue weighted by Gasteiger charge is -1.96. The Hall–Kier alpha value is -2.30. The third-order valence-electron chi connectivity index (χ3n) is 2.07. The fraction of sp³-hybridized carbons (Fsp3) is 0. The molecule has 0 aliphatic carbocycles. The summed E-state index contributed by atoms with van der Waals surface area (Å²) in [5, 5.41) is 7.68. The Bertz CT molecular complexity index is 541. The van der Waals surface area contributed by atoms with Crippen molar-refractivity contribution in [1.29, 1.82) is 0 Å². The molecule has 5 N–H and O–H groups in total. The molecule has 76 valence electrons. The molecule has 1 heterocycles. The highest BCUT2D eigenvalue weighted by Gasteiger charge is 2.00. The quantitative estimate of drug-likeness (QED) is 0.613. The fourth-order valence-corrected chi connectivity index (χ4v) is 1.30. The number of fused-ring (bicyclic) bond motifs is 1. The molecule has 1 amide bonds. The molecule has 0 spiro atoms. The van der Waals surface area contributed by atoms with Gasteiger partial charge in [0.15, 0.2) is 0 Å². The third-order valence-corrected chi connectivity index (χ3v) is 2.07. The highest BCUT2D eigenvalue weighted by Crippen LogP contribution is 2.14. The van der Waals surface area contributed by atoms with E-state index < -0.39 is 5.91 Å². The first-order chi connectivity index (χ1) is 7.16. The molecule has 5 nitrogen and oxygen atoms in total. The Balaban J connectivity index is 2.44.